The molecule has 9 heteroatoms. The molecule has 0 aliphatic carbocycles. The molecule has 0 spiro atoms. The van der Waals surface area contributed by atoms with Gasteiger partial charge in [-0.3, -0.25) is 4.79 Å². The van der Waals surface area contributed by atoms with Crippen LogP contribution in [-0.2, 0) is 10.0 Å². The molecule has 2 heterocycles. The van der Waals surface area contributed by atoms with Gasteiger partial charge in [0, 0.05) is 15.9 Å². The van der Waals surface area contributed by atoms with Crippen molar-refractivity contribution in [3.63, 3.8) is 0 Å². The first-order chi connectivity index (χ1) is 10.7. The van der Waals surface area contributed by atoms with Gasteiger partial charge >= 0.3 is 0 Å². The van der Waals surface area contributed by atoms with Gasteiger partial charge in [-0.05, 0) is 43.6 Å². The summed E-state index contributed by atoms with van der Waals surface area (Å²) >= 11 is 5.76. The number of aromatic amines is 1. The average molecular weight is 359 g/mol. The second-order valence-corrected chi connectivity index (χ2v) is 7.46. The third-order valence-corrected chi connectivity index (χ3v) is 4.78. The molecule has 1 atom stereocenters. The van der Waals surface area contributed by atoms with Crippen molar-refractivity contribution in [3.8, 4) is 0 Å². The van der Waals surface area contributed by atoms with Crippen molar-refractivity contribution >= 4 is 38.4 Å². The van der Waals surface area contributed by atoms with Crippen LogP contribution in [0.4, 0.5) is 0 Å². The van der Waals surface area contributed by atoms with Crippen molar-refractivity contribution in [2.24, 2.45) is 16.8 Å². The fourth-order valence-corrected chi connectivity index (χ4v) is 3.49. The van der Waals surface area contributed by atoms with Gasteiger partial charge in [0.1, 0.15) is 10.6 Å². The minimum Gasteiger partial charge on any atom is -0.364 e. The van der Waals surface area contributed by atoms with Crippen LogP contribution < -0.4 is 16.2 Å². The molecule has 0 radical (unpaired) electrons. The number of rotatable bonds is 2. The summed E-state index contributed by atoms with van der Waals surface area (Å²) in [5.74, 6) is 0.0337. The van der Waals surface area contributed by atoms with E-state index in [1.807, 2.05) is 0 Å². The Morgan fingerprint density at radius 3 is 2.52 bits per heavy atom. The summed E-state index contributed by atoms with van der Waals surface area (Å²) in [7, 11) is -4.07. The van der Waals surface area contributed by atoms with Gasteiger partial charge in [-0.15, -0.1) is 0 Å². The quantitative estimate of drug-likeness (QED) is 0.641. The Hall–Kier alpha value is -1.61. The first-order valence-electron chi connectivity index (χ1n) is 7.04. The number of primary amides is 1. The number of halogens is 1. The topological polar surface area (TPSA) is 131 Å². The highest BCUT2D eigenvalue weighted by Gasteiger charge is 2.24. The van der Waals surface area contributed by atoms with E-state index >= 15 is 0 Å². The minimum atomic E-state index is -4.07. The van der Waals surface area contributed by atoms with Crippen molar-refractivity contribution < 1.29 is 13.2 Å². The van der Waals surface area contributed by atoms with Crippen LogP contribution in [0.25, 0.3) is 10.9 Å². The Bertz CT molecular complexity index is 826. The number of hydrogen-bond donors (Lipinski definition) is 4. The highest BCUT2D eigenvalue weighted by atomic mass is 35.5. The van der Waals surface area contributed by atoms with Gasteiger partial charge in [0.25, 0.3) is 5.91 Å². The number of H-pyrrole nitrogens is 1. The summed E-state index contributed by atoms with van der Waals surface area (Å²) in [6, 6.07) is 4.50. The smallest absolute Gasteiger partial charge is 0.266 e. The summed E-state index contributed by atoms with van der Waals surface area (Å²) in [6.07, 6.45) is 1.38. The van der Waals surface area contributed by atoms with Gasteiger partial charge in [-0.1, -0.05) is 18.5 Å². The second-order valence-electron chi connectivity index (χ2n) is 5.53. The Morgan fingerprint density at radius 2 is 2.09 bits per heavy atom. The van der Waals surface area contributed by atoms with Crippen LogP contribution in [0.15, 0.2) is 23.1 Å². The van der Waals surface area contributed by atoms with Gasteiger partial charge in [-0.25, -0.2) is 13.6 Å². The molecule has 1 amide bonds. The number of fused-ring (bicyclic) bond motifs is 1. The zero-order chi connectivity index (χ0) is 17.2. The molecule has 23 heavy (non-hydrogen) atoms. The Kier molecular flexibility index (Phi) is 5.30. The third-order valence-electron chi connectivity index (χ3n) is 3.55. The molecule has 126 valence electrons. The third kappa shape index (κ3) is 4.23. The summed E-state index contributed by atoms with van der Waals surface area (Å²) in [4.78, 5) is 13.4. The molecule has 1 fully saturated rings. The number of carbonyl (C=O) groups excluding carboxylic acids is 1. The van der Waals surface area contributed by atoms with Crippen molar-refractivity contribution in [1.29, 1.82) is 0 Å². The average Bonchev–Trinajstić information content (AvgIpc) is 3.04. The second kappa shape index (κ2) is 6.88. The van der Waals surface area contributed by atoms with Crippen LogP contribution >= 0.6 is 11.6 Å². The molecule has 0 saturated carbocycles. The zero-order valence-electron chi connectivity index (χ0n) is 12.6. The maximum absolute atomic E-state index is 11.5. The van der Waals surface area contributed by atoms with E-state index in [0.29, 0.717) is 10.5 Å². The lowest BCUT2D eigenvalue weighted by Crippen LogP contribution is -2.19. The van der Waals surface area contributed by atoms with Crippen molar-refractivity contribution in [2.75, 3.05) is 13.1 Å². The highest BCUT2D eigenvalue weighted by Crippen LogP contribution is 2.28. The van der Waals surface area contributed by atoms with Crippen molar-refractivity contribution in [3.05, 3.63) is 28.9 Å². The Balaban J connectivity index is 0.000000268. The lowest BCUT2D eigenvalue weighted by atomic mass is 10.2. The van der Waals surface area contributed by atoms with Crippen LogP contribution in [-0.4, -0.2) is 32.4 Å². The first kappa shape index (κ1) is 17.7. The lowest BCUT2D eigenvalue weighted by molar-refractivity contribution is 0.0993. The van der Waals surface area contributed by atoms with Gasteiger partial charge in [-0.2, -0.15) is 0 Å². The molecule has 1 aromatic carbocycles. The number of primary sulfonamides is 1. The minimum absolute atomic E-state index is 0.244. The Morgan fingerprint density at radius 1 is 1.39 bits per heavy atom. The largest absolute Gasteiger partial charge is 0.364 e. The molecule has 1 aliphatic heterocycles. The number of carbonyl (C=O) groups is 1. The number of aromatic nitrogens is 1. The first-order valence-corrected chi connectivity index (χ1v) is 8.97. The van der Waals surface area contributed by atoms with Gasteiger partial charge < -0.3 is 16.0 Å². The van der Waals surface area contributed by atoms with E-state index in [1.54, 1.807) is 12.1 Å². The van der Waals surface area contributed by atoms with Crippen LogP contribution in [0.3, 0.4) is 0 Å². The van der Waals surface area contributed by atoms with Gasteiger partial charge in [0.2, 0.25) is 10.0 Å². The van der Waals surface area contributed by atoms with E-state index in [2.05, 4.69) is 17.2 Å². The van der Waals surface area contributed by atoms with Crippen LogP contribution in [0, 0.1) is 5.92 Å². The number of nitrogens with one attached hydrogen (secondary N) is 2. The summed E-state index contributed by atoms with van der Waals surface area (Å²) < 4.78 is 22.9. The predicted octanol–water partition coefficient (Wildman–Crippen LogP) is 1.18. The standard InChI is InChI=1S/C9H8ClN3O3S.C5H11N/c10-4-1-2-6-5(3-4)8(17(12,15)16)7(13-6)9(11)14;1-5-2-3-6-4-5/h1-3,13H,(H2,11,14)(H2,12,15,16);5-6H,2-4H2,1H3. The molecule has 1 aliphatic rings. The molecule has 1 unspecified atom stereocenters. The maximum Gasteiger partial charge on any atom is 0.266 e. The van der Waals surface area contributed by atoms with E-state index in [0.717, 1.165) is 5.92 Å². The molecule has 1 aromatic heterocycles. The summed E-state index contributed by atoms with van der Waals surface area (Å²) in [5.41, 5.74) is 5.27. The Labute approximate surface area is 139 Å². The monoisotopic (exact) mass is 358 g/mol. The number of benzene rings is 1. The highest BCUT2D eigenvalue weighted by molar-refractivity contribution is 7.89. The zero-order valence-corrected chi connectivity index (χ0v) is 14.2. The maximum atomic E-state index is 11.5. The molecular formula is C14H19ClN4O3S. The summed E-state index contributed by atoms with van der Waals surface area (Å²) in [5, 5.41) is 8.90. The van der Waals surface area contributed by atoms with Crippen molar-refractivity contribution in [1.82, 2.24) is 10.3 Å². The SMILES string of the molecule is CC1CCNC1.NC(=O)c1[nH]c2ccc(Cl)cc2c1S(N)(=O)=O. The van der Waals surface area contributed by atoms with E-state index in [-0.39, 0.29) is 16.0 Å². The fraction of sp³-hybridized carbons (Fsp3) is 0.357. The molecule has 3 rings (SSSR count). The van der Waals surface area contributed by atoms with E-state index in [1.165, 1.54) is 25.6 Å². The normalized spacial score (nSPS) is 17.8. The van der Waals surface area contributed by atoms with Crippen LogP contribution in [0.2, 0.25) is 5.02 Å². The molecule has 7 nitrogen and oxygen atoms in total. The van der Waals surface area contributed by atoms with Crippen molar-refractivity contribution in [2.45, 2.75) is 18.2 Å². The molecular weight excluding hydrogens is 340 g/mol. The number of nitrogens with two attached hydrogens (primary N) is 2. The fourth-order valence-electron chi connectivity index (χ4n) is 2.41. The van der Waals surface area contributed by atoms with Gasteiger partial charge in [0.05, 0.1) is 0 Å². The van der Waals surface area contributed by atoms with Crippen LogP contribution in [0.5, 0.6) is 0 Å². The van der Waals surface area contributed by atoms with Crippen LogP contribution in [0.1, 0.15) is 23.8 Å². The van der Waals surface area contributed by atoms with E-state index in [4.69, 9.17) is 22.5 Å². The molecule has 1 saturated heterocycles. The summed E-state index contributed by atoms with van der Waals surface area (Å²) in [6.45, 7) is 4.75. The molecule has 6 N–H and O–H groups in total. The number of sulfonamides is 1. The molecule has 0 bridgehead atoms. The number of amides is 1. The van der Waals surface area contributed by atoms with E-state index < -0.39 is 15.9 Å². The molecule has 2 aromatic rings. The predicted molar refractivity (Wildman–Crippen MR) is 89.9 cm³/mol. The van der Waals surface area contributed by atoms with E-state index in [9.17, 15) is 13.2 Å². The van der Waals surface area contributed by atoms with Gasteiger partial charge in [0.15, 0.2) is 0 Å². The number of hydrogen-bond acceptors (Lipinski definition) is 4. The lowest BCUT2D eigenvalue weighted by Gasteiger charge is -1.98.